The molecule has 4 aromatic rings. The van der Waals surface area contributed by atoms with Gasteiger partial charge in [0.1, 0.15) is 24.7 Å². The highest BCUT2D eigenvalue weighted by molar-refractivity contribution is 6.30. The Morgan fingerprint density at radius 1 is 0.765 bits per heavy atom. The van der Waals surface area contributed by atoms with E-state index in [1.54, 1.807) is 36.5 Å². The van der Waals surface area contributed by atoms with E-state index in [2.05, 4.69) is 10.5 Å². The van der Waals surface area contributed by atoms with Gasteiger partial charge in [0.2, 0.25) is 0 Å². The molecule has 0 spiro atoms. The first-order chi connectivity index (χ1) is 16.7. The van der Waals surface area contributed by atoms with Gasteiger partial charge >= 0.3 is 0 Å². The first-order valence-corrected chi connectivity index (χ1v) is 11.1. The quantitative estimate of drug-likeness (QED) is 0.232. The molecule has 34 heavy (non-hydrogen) atoms. The first kappa shape index (κ1) is 23.1. The summed E-state index contributed by atoms with van der Waals surface area (Å²) in [4.78, 5) is 12.6. The third-order valence-corrected chi connectivity index (χ3v) is 5.20. The molecule has 0 fully saturated rings. The molecular formula is C28H23ClN2O3. The summed E-state index contributed by atoms with van der Waals surface area (Å²) in [6.45, 7) is 0.827. The second-order valence-electron chi connectivity index (χ2n) is 7.45. The summed E-state index contributed by atoms with van der Waals surface area (Å²) in [5.41, 5.74) is 5.85. The lowest BCUT2D eigenvalue weighted by molar-refractivity contribution is 0.0950. The number of carbonyl (C=O) groups excluding carboxylic acids is 1. The molecule has 0 saturated heterocycles. The normalized spacial score (nSPS) is 10.7. The third kappa shape index (κ3) is 6.70. The summed E-state index contributed by atoms with van der Waals surface area (Å²) in [7, 11) is 0. The minimum absolute atomic E-state index is 0.323. The van der Waals surface area contributed by atoms with E-state index < -0.39 is 0 Å². The van der Waals surface area contributed by atoms with Gasteiger partial charge in [0.05, 0.1) is 11.8 Å². The van der Waals surface area contributed by atoms with E-state index in [1.807, 2.05) is 72.8 Å². The molecule has 0 radical (unpaired) electrons. The molecule has 0 aromatic heterocycles. The van der Waals surface area contributed by atoms with Crippen LogP contribution in [0.3, 0.4) is 0 Å². The molecule has 170 valence electrons. The Labute approximate surface area is 203 Å². The van der Waals surface area contributed by atoms with Gasteiger partial charge in [0.25, 0.3) is 5.91 Å². The molecule has 1 amide bonds. The standard InChI is InChI=1S/C28H23ClN2O3/c29-24-14-10-23(11-15-24)20-34-27-9-5-4-8-26(27)28(32)31-30-18-21-12-16-25(17-13-21)33-19-22-6-2-1-3-7-22/h1-18H,19-20H2,(H,31,32). The highest BCUT2D eigenvalue weighted by atomic mass is 35.5. The van der Waals surface area contributed by atoms with Crippen molar-refractivity contribution in [2.75, 3.05) is 0 Å². The molecule has 0 atom stereocenters. The Kier molecular flexibility index (Phi) is 7.93. The Balaban J connectivity index is 1.31. The van der Waals surface area contributed by atoms with Crippen molar-refractivity contribution in [1.82, 2.24) is 5.43 Å². The van der Waals surface area contributed by atoms with Crippen LogP contribution in [-0.2, 0) is 13.2 Å². The Hall–Kier alpha value is -4.09. The van der Waals surface area contributed by atoms with Crippen molar-refractivity contribution < 1.29 is 14.3 Å². The number of nitrogens with zero attached hydrogens (tertiary/aromatic N) is 1. The summed E-state index contributed by atoms with van der Waals surface area (Å²) in [5.74, 6) is 0.882. The summed E-state index contributed by atoms with van der Waals surface area (Å²) in [6.07, 6.45) is 1.58. The van der Waals surface area contributed by atoms with E-state index >= 15 is 0 Å². The highest BCUT2D eigenvalue weighted by Crippen LogP contribution is 2.20. The lowest BCUT2D eigenvalue weighted by atomic mass is 10.2. The molecule has 0 bridgehead atoms. The van der Waals surface area contributed by atoms with Gasteiger partial charge in [-0.05, 0) is 65.2 Å². The highest BCUT2D eigenvalue weighted by Gasteiger charge is 2.11. The lowest BCUT2D eigenvalue weighted by Gasteiger charge is -2.10. The molecule has 0 heterocycles. The largest absolute Gasteiger partial charge is 0.489 e. The zero-order chi connectivity index (χ0) is 23.6. The van der Waals surface area contributed by atoms with Crippen LogP contribution in [0.25, 0.3) is 0 Å². The van der Waals surface area contributed by atoms with E-state index in [0.717, 1.165) is 22.4 Å². The van der Waals surface area contributed by atoms with Gasteiger partial charge in [-0.15, -0.1) is 0 Å². The fourth-order valence-corrected chi connectivity index (χ4v) is 3.26. The van der Waals surface area contributed by atoms with Crippen LogP contribution in [0.4, 0.5) is 0 Å². The molecule has 0 aliphatic carbocycles. The van der Waals surface area contributed by atoms with Gasteiger partial charge in [0.15, 0.2) is 0 Å². The van der Waals surface area contributed by atoms with E-state index in [0.29, 0.717) is 29.5 Å². The Morgan fingerprint density at radius 2 is 1.41 bits per heavy atom. The molecule has 0 aliphatic heterocycles. The van der Waals surface area contributed by atoms with E-state index in [9.17, 15) is 4.79 Å². The number of carbonyl (C=O) groups is 1. The van der Waals surface area contributed by atoms with Crippen molar-refractivity contribution in [2.45, 2.75) is 13.2 Å². The van der Waals surface area contributed by atoms with E-state index in [4.69, 9.17) is 21.1 Å². The number of para-hydroxylation sites is 1. The van der Waals surface area contributed by atoms with Crippen LogP contribution in [0.5, 0.6) is 11.5 Å². The zero-order valence-electron chi connectivity index (χ0n) is 18.4. The van der Waals surface area contributed by atoms with Crippen LogP contribution in [0.2, 0.25) is 5.02 Å². The first-order valence-electron chi connectivity index (χ1n) is 10.7. The number of hydrazone groups is 1. The third-order valence-electron chi connectivity index (χ3n) is 4.95. The maximum absolute atomic E-state index is 12.6. The lowest BCUT2D eigenvalue weighted by Crippen LogP contribution is -2.18. The maximum atomic E-state index is 12.6. The number of amides is 1. The fourth-order valence-electron chi connectivity index (χ4n) is 3.14. The van der Waals surface area contributed by atoms with Crippen LogP contribution >= 0.6 is 11.6 Å². The molecule has 1 N–H and O–H groups in total. The van der Waals surface area contributed by atoms with Crippen LogP contribution in [-0.4, -0.2) is 12.1 Å². The van der Waals surface area contributed by atoms with E-state index in [-0.39, 0.29) is 5.91 Å². The molecule has 4 aromatic carbocycles. The molecule has 0 aliphatic rings. The number of benzene rings is 4. The van der Waals surface area contributed by atoms with Gasteiger partial charge in [-0.2, -0.15) is 5.10 Å². The van der Waals surface area contributed by atoms with Crippen LogP contribution in [0.1, 0.15) is 27.0 Å². The summed E-state index contributed by atoms with van der Waals surface area (Å²) < 4.78 is 11.6. The van der Waals surface area contributed by atoms with Crippen molar-refractivity contribution >= 4 is 23.7 Å². The number of halogens is 1. The van der Waals surface area contributed by atoms with Crippen molar-refractivity contribution in [3.63, 3.8) is 0 Å². The van der Waals surface area contributed by atoms with Crippen LogP contribution < -0.4 is 14.9 Å². The topological polar surface area (TPSA) is 59.9 Å². The summed E-state index contributed by atoms with van der Waals surface area (Å²) in [6, 6.07) is 31.9. The van der Waals surface area contributed by atoms with Gasteiger partial charge in [-0.1, -0.05) is 66.2 Å². The van der Waals surface area contributed by atoms with Gasteiger partial charge in [-0.3, -0.25) is 4.79 Å². The van der Waals surface area contributed by atoms with Crippen LogP contribution in [0.15, 0.2) is 108 Å². The second kappa shape index (κ2) is 11.7. The minimum Gasteiger partial charge on any atom is -0.489 e. The number of ether oxygens (including phenoxy) is 2. The fraction of sp³-hybridized carbons (Fsp3) is 0.0714. The molecule has 6 heteroatoms. The number of nitrogens with one attached hydrogen (secondary N) is 1. The monoisotopic (exact) mass is 470 g/mol. The average Bonchev–Trinajstić information content (AvgIpc) is 2.88. The molecule has 0 unspecified atom stereocenters. The van der Waals surface area contributed by atoms with Crippen molar-refractivity contribution in [1.29, 1.82) is 0 Å². The molecular weight excluding hydrogens is 448 g/mol. The van der Waals surface area contributed by atoms with Gasteiger partial charge in [0, 0.05) is 5.02 Å². The smallest absolute Gasteiger partial charge is 0.275 e. The van der Waals surface area contributed by atoms with Crippen molar-refractivity contribution in [3.05, 3.63) is 130 Å². The predicted octanol–water partition coefficient (Wildman–Crippen LogP) is 6.26. The van der Waals surface area contributed by atoms with Gasteiger partial charge in [-0.25, -0.2) is 5.43 Å². The van der Waals surface area contributed by atoms with Gasteiger partial charge < -0.3 is 9.47 Å². The van der Waals surface area contributed by atoms with Crippen LogP contribution in [0, 0.1) is 0 Å². The summed E-state index contributed by atoms with van der Waals surface area (Å²) in [5, 5.41) is 4.74. The zero-order valence-corrected chi connectivity index (χ0v) is 19.1. The Morgan fingerprint density at radius 3 is 2.18 bits per heavy atom. The van der Waals surface area contributed by atoms with Crippen molar-refractivity contribution in [3.8, 4) is 11.5 Å². The average molecular weight is 471 g/mol. The molecule has 5 nitrogen and oxygen atoms in total. The Bertz CT molecular complexity index is 1240. The second-order valence-corrected chi connectivity index (χ2v) is 7.89. The number of hydrogen-bond donors (Lipinski definition) is 1. The van der Waals surface area contributed by atoms with Crippen molar-refractivity contribution in [2.24, 2.45) is 5.10 Å². The SMILES string of the molecule is O=C(NN=Cc1ccc(OCc2ccccc2)cc1)c1ccccc1OCc1ccc(Cl)cc1. The molecule has 4 rings (SSSR count). The maximum Gasteiger partial charge on any atom is 0.275 e. The number of rotatable bonds is 9. The predicted molar refractivity (Wildman–Crippen MR) is 135 cm³/mol. The molecule has 0 saturated carbocycles. The van der Waals surface area contributed by atoms with E-state index in [1.165, 1.54) is 0 Å². The minimum atomic E-state index is -0.356. The summed E-state index contributed by atoms with van der Waals surface area (Å²) >= 11 is 5.92. The number of hydrogen-bond acceptors (Lipinski definition) is 4.